The number of rotatable bonds is 6. The number of alkyl halides is 2. The highest BCUT2D eigenvalue weighted by molar-refractivity contribution is 9.10. The van der Waals surface area contributed by atoms with Crippen LogP contribution in [0.1, 0.15) is 5.56 Å². The Morgan fingerprint density at radius 1 is 1.19 bits per heavy atom. The molecule has 2 rings (SSSR count). The zero-order chi connectivity index (χ0) is 19.3. The second kappa shape index (κ2) is 8.41. The van der Waals surface area contributed by atoms with Gasteiger partial charge in [-0.2, -0.15) is 8.78 Å². The molecule has 0 aromatic heterocycles. The van der Waals surface area contributed by atoms with E-state index in [1.165, 1.54) is 25.3 Å². The lowest BCUT2D eigenvalue weighted by atomic mass is 10.2. The van der Waals surface area contributed by atoms with Gasteiger partial charge in [0.2, 0.25) is 15.7 Å². The Bertz CT molecular complexity index is 928. The molecule has 0 unspecified atom stereocenters. The molecule has 9 heteroatoms. The minimum Gasteiger partial charge on any atom is -0.496 e. The molecule has 1 amide bonds. The van der Waals surface area contributed by atoms with Gasteiger partial charge < -0.3 is 10.1 Å². The maximum atomic E-state index is 12.5. The van der Waals surface area contributed by atoms with Crippen LogP contribution in [0.4, 0.5) is 14.5 Å². The predicted molar refractivity (Wildman–Crippen MR) is 98.0 cm³/mol. The first kappa shape index (κ1) is 20.1. The summed E-state index contributed by atoms with van der Waals surface area (Å²) in [5.41, 5.74) is 0.949. The molecule has 0 bridgehead atoms. The average Bonchev–Trinajstić information content (AvgIpc) is 2.60. The van der Waals surface area contributed by atoms with Crippen molar-refractivity contribution in [3.8, 4) is 5.75 Å². The van der Waals surface area contributed by atoms with E-state index in [2.05, 4.69) is 21.2 Å². The van der Waals surface area contributed by atoms with E-state index in [-0.39, 0.29) is 5.69 Å². The topological polar surface area (TPSA) is 72.5 Å². The number of carbonyl (C=O) groups is 1. The average molecular weight is 446 g/mol. The van der Waals surface area contributed by atoms with E-state index in [0.717, 1.165) is 16.6 Å². The number of halogens is 3. The van der Waals surface area contributed by atoms with Crippen molar-refractivity contribution in [2.45, 2.75) is 10.7 Å². The van der Waals surface area contributed by atoms with Gasteiger partial charge in [0.05, 0.1) is 12.0 Å². The van der Waals surface area contributed by atoms with Crippen molar-refractivity contribution in [1.29, 1.82) is 0 Å². The van der Waals surface area contributed by atoms with Gasteiger partial charge in [0, 0.05) is 21.8 Å². The predicted octanol–water partition coefficient (Wildman–Crippen LogP) is 4.11. The van der Waals surface area contributed by atoms with Gasteiger partial charge >= 0.3 is 5.76 Å². The van der Waals surface area contributed by atoms with Crippen molar-refractivity contribution in [3.63, 3.8) is 0 Å². The van der Waals surface area contributed by atoms with Crippen LogP contribution in [0.5, 0.6) is 5.75 Å². The minimum atomic E-state index is -4.66. The Labute approximate surface area is 157 Å². The summed E-state index contributed by atoms with van der Waals surface area (Å²) in [5.74, 6) is -3.39. The molecule has 26 heavy (non-hydrogen) atoms. The molecule has 5 nitrogen and oxygen atoms in total. The molecule has 0 aliphatic heterocycles. The highest BCUT2D eigenvalue weighted by Gasteiger charge is 2.26. The van der Waals surface area contributed by atoms with Gasteiger partial charge in [-0.3, -0.25) is 4.79 Å². The molecule has 0 atom stereocenters. The number of ether oxygens (including phenoxy) is 1. The first-order chi connectivity index (χ1) is 12.2. The molecule has 1 N–H and O–H groups in total. The third-order valence-corrected chi connectivity index (χ3v) is 5.18. The van der Waals surface area contributed by atoms with Crippen LogP contribution in [0.2, 0.25) is 0 Å². The third kappa shape index (κ3) is 4.89. The first-order valence-electron chi connectivity index (χ1n) is 7.19. The SMILES string of the molecule is COc1ccc(Br)cc1/C=C/C(=O)Nc1ccc(S(=O)(=O)C(F)F)cc1. The summed E-state index contributed by atoms with van der Waals surface area (Å²) < 4.78 is 53.7. The van der Waals surface area contributed by atoms with Crippen LogP contribution in [-0.2, 0) is 14.6 Å². The van der Waals surface area contributed by atoms with Crippen LogP contribution in [-0.4, -0.2) is 27.2 Å². The Balaban J connectivity index is 2.10. The zero-order valence-electron chi connectivity index (χ0n) is 13.4. The van der Waals surface area contributed by atoms with Gasteiger partial charge in [-0.1, -0.05) is 15.9 Å². The number of anilines is 1. The molecule has 0 radical (unpaired) electrons. The van der Waals surface area contributed by atoms with E-state index in [9.17, 15) is 22.0 Å². The summed E-state index contributed by atoms with van der Waals surface area (Å²) in [7, 11) is -3.15. The van der Waals surface area contributed by atoms with Crippen molar-refractivity contribution in [3.05, 3.63) is 58.6 Å². The fourth-order valence-electron chi connectivity index (χ4n) is 2.02. The van der Waals surface area contributed by atoms with Gasteiger partial charge in [0.15, 0.2) is 0 Å². The van der Waals surface area contributed by atoms with Crippen molar-refractivity contribution in [2.75, 3.05) is 12.4 Å². The van der Waals surface area contributed by atoms with Crippen molar-refractivity contribution >= 4 is 43.4 Å². The monoisotopic (exact) mass is 445 g/mol. The first-order valence-corrected chi connectivity index (χ1v) is 9.52. The Morgan fingerprint density at radius 3 is 2.42 bits per heavy atom. The number of amides is 1. The smallest absolute Gasteiger partial charge is 0.341 e. The second-order valence-electron chi connectivity index (χ2n) is 5.04. The lowest BCUT2D eigenvalue weighted by molar-refractivity contribution is -0.111. The quantitative estimate of drug-likeness (QED) is 0.679. The number of sulfone groups is 1. The van der Waals surface area contributed by atoms with E-state index >= 15 is 0 Å². The summed E-state index contributed by atoms with van der Waals surface area (Å²) in [6.45, 7) is 0. The summed E-state index contributed by atoms with van der Waals surface area (Å²) in [5, 5.41) is 2.51. The number of carbonyl (C=O) groups excluding carboxylic acids is 1. The van der Waals surface area contributed by atoms with Crippen molar-refractivity contribution in [2.24, 2.45) is 0 Å². The molecule has 2 aromatic carbocycles. The third-order valence-electron chi connectivity index (χ3n) is 3.29. The molecular weight excluding hydrogens is 432 g/mol. The summed E-state index contributed by atoms with van der Waals surface area (Å²) in [6.07, 6.45) is 2.82. The summed E-state index contributed by atoms with van der Waals surface area (Å²) >= 11 is 3.33. The van der Waals surface area contributed by atoms with E-state index < -0.39 is 26.4 Å². The van der Waals surface area contributed by atoms with Crippen LogP contribution in [0, 0.1) is 0 Å². The normalized spacial score (nSPS) is 11.7. The lowest BCUT2D eigenvalue weighted by Gasteiger charge is -2.06. The number of hydrogen-bond acceptors (Lipinski definition) is 4. The molecule has 0 aliphatic rings. The zero-order valence-corrected chi connectivity index (χ0v) is 15.9. The van der Waals surface area contributed by atoms with Crippen molar-refractivity contribution in [1.82, 2.24) is 0 Å². The molecule has 0 spiro atoms. The van der Waals surface area contributed by atoms with Crippen LogP contribution < -0.4 is 10.1 Å². The van der Waals surface area contributed by atoms with Crippen LogP contribution >= 0.6 is 15.9 Å². The molecule has 0 aliphatic carbocycles. The van der Waals surface area contributed by atoms with Gasteiger partial charge in [-0.05, 0) is 48.5 Å². The molecule has 0 saturated heterocycles. The maximum Gasteiger partial charge on any atom is 0.341 e. The molecule has 0 saturated carbocycles. The fraction of sp³-hybridized carbons (Fsp3) is 0.118. The Morgan fingerprint density at radius 2 is 1.85 bits per heavy atom. The summed E-state index contributed by atoms with van der Waals surface area (Å²) in [6, 6.07) is 9.80. The number of nitrogens with one attached hydrogen (secondary N) is 1. The molecule has 138 valence electrons. The van der Waals surface area contributed by atoms with E-state index in [1.807, 2.05) is 0 Å². The number of methoxy groups -OCH3 is 1. The van der Waals surface area contributed by atoms with Crippen LogP contribution in [0.25, 0.3) is 6.08 Å². The van der Waals surface area contributed by atoms with Crippen molar-refractivity contribution < 1.29 is 26.7 Å². The highest BCUT2D eigenvalue weighted by atomic mass is 79.9. The molecular formula is C17H14BrF2NO4S. The van der Waals surface area contributed by atoms with Gasteiger partial charge in [0.1, 0.15) is 5.75 Å². The standard InChI is InChI=1S/C17H14BrF2NO4S/c1-25-15-8-3-12(18)10-11(15)2-9-16(22)21-13-4-6-14(7-5-13)26(23,24)17(19)20/h2-10,17H,1H3,(H,21,22)/b9-2+. The van der Waals surface area contributed by atoms with Gasteiger partial charge in [-0.15, -0.1) is 0 Å². The lowest BCUT2D eigenvalue weighted by Crippen LogP contribution is -2.12. The van der Waals surface area contributed by atoms with Gasteiger partial charge in [-0.25, -0.2) is 8.42 Å². The molecule has 0 fully saturated rings. The minimum absolute atomic E-state index is 0.272. The largest absolute Gasteiger partial charge is 0.496 e. The Hall–Kier alpha value is -2.26. The van der Waals surface area contributed by atoms with Crippen LogP contribution in [0.3, 0.4) is 0 Å². The van der Waals surface area contributed by atoms with E-state index in [4.69, 9.17) is 4.74 Å². The summed E-state index contributed by atoms with van der Waals surface area (Å²) in [4.78, 5) is 11.5. The van der Waals surface area contributed by atoms with E-state index in [1.54, 1.807) is 24.3 Å². The number of hydrogen-bond donors (Lipinski definition) is 1. The molecule has 2 aromatic rings. The molecule has 0 heterocycles. The van der Waals surface area contributed by atoms with Crippen LogP contribution in [0.15, 0.2) is 57.9 Å². The maximum absolute atomic E-state index is 12.5. The van der Waals surface area contributed by atoms with Gasteiger partial charge in [0.25, 0.3) is 0 Å². The fourth-order valence-corrected chi connectivity index (χ4v) is 3.12. The Kier molecular flexibility index (Phi) is 6.49. The number of benzene rings is 2. The highest BCUT2D eigenvalue weighted by Crippen LogP contribution is 2.24. The second-order valence-corrected chi connectivity index (χ2v) is 7.87. The van der Waals surface area contributed by atoms with E-state index in [0.29, 0.717) is 11.3 Å².